The number of ether oxygens (including phenoxy) is 1. The topological polar surface area (TPSA) is 126 Å². The van der Waals surface area contributed by atoms with Gasteiger partial charge in [-0.05, 0) is 13.0 Å². The molecule has 0 aliphatic carbocycles. The molecule has 5 atom stereocenters. The van der Waals surface area contributed by atoms with Gasteiger partial charge < -0.3 is 25.3 Å². The van der Waals surface area contributed by atoms with Crippen LogP contribution in [0.15, 0.2) is 17.1 Å². The van der Waals surface area contributed by atoms with Gasteiger partial charge in [0.05, 0.1) is 11.5 Å². The third-order valence-electron chi connectivity index (χ3n) is 3.94. The van der Waals surface area contributed by atoms with E-state index >= 15 is 4.39 Å². The highest BCUT2D eigenvalue weighted by Crippen LogP contribution is 2.43. The van der Waals surface area contributed by atoms with E-state index in [4.69, 9.17) is 16.9 Å². The van der Waals surface area contributed by atoms with Crippen LogP contribution in [0.3, 0.4) is 0 Å². The second kappa shape index (κ2) is 5.06. The first-order valence-corrected chi connectivity index (χ1v) is 6.84. The minimum atomic E-state index is -2.60. The molecule has 0 saturated carbocycles. The number of alkyl halides is 1. The van der Waals surface area contributed by atoms with Crippen molar-refractivity contribution in [3.05, 3.63) is 22.6 Å². The van der Waals surface area contributed by atoms with E-state index in [9.17, 15) is 15.0 Å². The molecule has 23 heavy (non-hydrogen) atoms. The molecule has 5 N–H and O–H groups in total. The third kappa shape index (κ3) is 2.11. The fourth-order valence-corrected chi connectivity index (χ4v) is 2.76. The van der Waals surface area contributed by atoms with Crippen molar-refractivity contribution in [3.8, 4) is 12.3 Å². The average molecular weight is 322 g/mol. The zero-order chi connectivity index (χ0) is 16.9. The van der Waals surface area contributed by atoms with Gasteiger partial charge >= 0.3 is 0 Å². The minimum absolute atomic E-state index is 0.0620. The first-order valence-electron chi connectivity index (χ1n) is 6.84. The highest BCUT2D eigenvalue weighted by Gasteiger charge is 2.58. The molecule has 2 aromatic rings. The van der Waals surface area contributed by atoms with Gasteiger partial charge in [-0.3, -0.25) is 9.78 Å². The first kappa shape index (κ1) is 15.5. The van der Waals surface area contributed by atoms with Gasteiger partial charge in [0.25, 0.3) is 5.56 Å². The lowest BCUT2D eigenvalue weighted by atomic mass is 9.95. The quantitative estimate of drug-likeness (QED) is 0.541. The van der Waals surface area contributed by atoms with E-state index in [1.165, 1.54) is 23.8 Å². The number of nitrogens with one attached hydrogen (secondary N) is 1. The van der Waals surface area contributed by atoms with Crippen molar-refractivity contribution >= 4 is 17.0 Å². The summed E-state index contributed by atoms with van der Waals surface area (Å²) < 4.78 is 21.7. The number of rotatable bonds is 2. The van der Waals surface area contributed by atoms with Crippen LogP contribution in [-0.2, 0) is 4.74 Å². The number of nitrogens with zero attached hydrogens (tertiary/aromatic N) is 2. The van der Waals surface area contributed by atoms with E-state index in [1.54, 1.807) is 0 Å². The van der Waals surface area contributed by atoms with E-state index in [1.807, 2.05) is 5.92 Å². The Kier molecular flexibility index (Phi) is 3.40. The Balaban J connectivity index is 2.18. The predicted molar refractivity (Wildman–Crippen MR) is 79.0 cm³/mol. The Morgan fingerprint density at radius 1 is 1.70 bits per heavy atom. The summed E-state index contributed by atoms with van der Waals surface area (Å²) in [5, 5.41) is 19.9. The molecule has 1 aliphatic heterocycles. The second-order valence-electron chi connectivity index (χ2n) is 5.46. The number of anilines is 1. The van der Waals surface area contributed by atoms with Crippen LogP contribution in [0.25, 0.3) is 11.0 Å². The van der Waals surface area contributed by atoms with Gasteiger partial charge in [-0.25, -0.2) is 4.39 Å². The Hall–Kier alpha value is -2.41. The number of terminal acetylenes is 1. The predicted octanol–water partition coefficient (Wildman–Crippen LogP) is -0.713. The van der Waals surface area contributed by atoms with Gasteiger partial charge in [-0.1, -0.05) is 5.92 Å². The van der Waals surface area contributed by atoms with Crippen molar-refractivity contribution in [2.45, 2.75) is 37.1 Å². The average Bonchev–Trinajstić information content (AvgIpc) is 3.00. The van der Waals surface area contributed by atoms with Crippen molar-refractivity contribution in [1.29, 1.82) is 0 Å². The number of H-pyrrole nitrogens is 1. The summed E-state index contributed by atoms with van der Waals surface area (Å²) in [5.74, 6) is 1.73. The summed E-state index contributed by atoms with van der Waals surface area (Å²) in [6.07, 6.45) is 1.03. The Morgan fingerprint density at radius 2 is 2.39 bits per heavy atom. The lowest BCUT2D eigenvalue weighted by Crippen LogP contribution is -2.43. The Morgan fingerprint density at radius 3 is 3.00 bits per heavy atom. The summed E-state index contributed by atoms with van der Waals surface area (Å²) in [7, 11) is 0. The molecule has 8 nitrogen and oxygen atoms in total. The Bertz CT molecular complexity index is 855. The van der Waals surface area contributed by atoms with Gasteiger partial charge in [0.1, 0.15) is 12.2 Å². The molecule has 0 radical (unpaired) electrons. The lowest BCUT2D eigenvalue weighted by Gasteiger charge is -2.24. The monoisotopic (exact) mass is 322 g/mol. The molecule has 3 rings (SSSR count). The van der Waals surface area contributed by atoms with Gasteiger partial charge in [0.2, 0.25) is 11.6 Å². The standard InChI is InChI=1S/C14H15FN4O4/c1-3-14(15)9(21)8(6(2)20)23-12(14)19-5-4-7-10(19)17-13(16)18-11(7)22/h1,4-6,8-9,12,20-21H,2H3,(H3,16,17,18,22)/t6-,8+,9-,12+,14?/m0/s1. The molecule has 1 saturated heterocycles. The van der Waals surface area contributed by atoms with Gasteiger partial charge in [0.15, 0.2) is 11.9 Å². The maximum absolute atomic E-state index is 15.1. The van der Waals surface area contributed by atoms with E-state index in [0.29, 0.717) is 0 Å². The maximum Gasteiger partial charge on any atom is 0.261 e. The van der Waals surface area contributed by atoms with Crippen LogP contribution in [0.4, 0.5) is 10.3 Å². The molecule has 0 aromatic carbocycles. The van der Waals surface area contributed by atoms with Crippen LogP contribution in [-0.4, -0.2) is 48.7 Å². The molecule has 1 unspecified atom stereocenters. The largest absolute Gasteiger partial charge is 0.391 e. The molecule has 3 heterocycles. The van der Waals surface area contributed by atoms with Crippen LogP contribution in [0, 0.1) is 12.3 Å². The molecule has 0 bridgehead atoms. The van der Waals surface area contributed by atoms with E-state index in [-0.39, 0.29) is 17.0 Å². The van der Waals surface area contributed by atoms with Crippen LogP contribution < -0.4 is 11.3 Å². The molecule has 1 aliphatic rings. The molecule has 122 valence electrons. The zero-order valence-corrected chi connectivity index (χ0v) is 12.1. The number of aromatic amines is 1. The molecular weight excluding hydrogens is 307 g/mol. The number of aromatic nitrogens is 3. The number of fused-ring (bicyclic) bond motifs is 1. The summed E-state index contributed by atoms with van der Waals surface area (Å²) in [5.41, 5.74) is 2.47. The van der Waals surface area contributed by atoms with Gasteiger partial charge in [-0.2, -0.15) is 4.98 Å². The van der Waals surface area contributed by atoms with Crippen molar-refractivity contribution in [3.63, 3.8) is 0 Å². The summed E-state index contributed by atoms with van der Waals surface area (Å²) in [4.78, 5) is 18.1. The maximum atomic E-state index is 15.1. The molecule has 9 heteroatoms. The number of hydrogen-bond donors (Lipinski definition) is 4. The van der Waals surface area contributed by atoms with Crippen molar-refractivity contribution < 1.29 is 19.3 Å². The van der Waals surface area contributed by atoms with Crippen LogP contribution >= 0.6 is 0 Å². The SMILES string of the molecule is C#CC1(F)[C@@H](O)[C@@H]([C@H](C)O)O[C@H]1n1ccc2c(=O)[nH]c(N)nc21. The van der Waals surface area contributed by atoms with Crippen molar-refractivity contribution in [1.82, 2.24) is 14.5 Å². The normalized spacial score (nSPS) is 32.0. The highest BCUT2D eigenvalue weighted by atomic mass is 19.1. The fourth-order valence-electron chi connectivity index (χ4n) is 2.76. The molecule has 1 fully saturated rings. The number of aliphatic hydroxyl groups is 2. The lowest BCUT2D eigenvalue weighted by molar-refractivity contribution is -0.0775. The van der Waals surface area contributed by atoms with E-state index < -0.39 is 35.8 Å². The molecular formula is C14H15FN4O4. The summed E-state index contributed by atoms with van der Waals surface area (Å²) in [6.45, 7) is 1.35. The number of nitrogens with two attached hydrogens (primary N) is 1. The number of aliphatic hydroxyl groups excluding tert-OH is 2. The second-order valence-corrected chi connectivity index (χ2v) is 5.46. The number of nitrogen functional groups attached to an aromatic ring is 1. The highest BCUT2D eigenvalue weighted by molar-refractivity contribution is 5.76. The summed E-state index contributed by atoms with van der Waals surface area (Å²) >= 11 is 0. The van der Waals surface area contributed by atoms with Gasteiger partial charge in [0, 0.05) is 6.20 Å². The summed E-state index contributed by atoms with van der Waals surface area (Å²) in [6, 6.07) is 1.41. The first-order chi connectivity index (χ1) is 10.8. The van der Waals surface area contributed by atoms with Crippen molar-refractivity contribution in [2.24, 2.45) is 0 Å². The zero-order valence-electron chi connectivity index (χ0n) is 12.1. The number of hydrogen-bond acceptors (Lipinski definition) is 6. The van der Waals surface area contributed by atoms with E-state index in [0.717, 1.165) is 0 Å². The van der Waals surface area contributed by atoms with Crippen LogP contribution in [0.2, 0.25) is 0 Å². The molecule has 2 aromatic heterocycles. The van der Waals surface area contributed by atoms with Crippen LogP contribution in [0.1, 0.15) is 13.2 Å². The third-order valence-corrected chi connectivity index (χ3v) is 3.94. The molecule has 0 amide bonds. The molecule has 0 spiro atoms. The van der Waals surface area contributed by atoms with Gasteiger partial charge in [-0.15, -0.1) is 6.42 Å². The Labute approximate surface area is 129 Å². The number of halogens is 1. The van der Waals surface area contributed by atoms with E-state index in [2.05, 4.69) is 9.97 Å². The fraction of sp³-hybridized carbons (Fsp3) is 0.429. The van der Waals surface area contributed by atoms with Crippen LogP contribution in [0.5, 0.6) is 0 Å². The van der Waals surface area contributed by atoms with Crippen molar-refractivity contribution in [2.75, 3.05) is 5.73 Å². The minimum Gasteiger partial charge on any atom is -0.391 e. The smallest absolute Gasteiger partial charge is 0.261 e.